The van der Waals surface area contributed by atoms with Gasteiger partial charge >= 0.3 is 0 Å². The van der Waals surface area contributed by atoms with Crippen LogP contribution in [0.3, 0.4) is 0 Å². The first kappa shape index (κ1) is 37.4. The molecule has 3 aromatic rings. The molecular weight excluding hydrogens is 674 g/mol. The summed E-state index contributed by atoms with van der Waals surface area (Å²) in [6.07, 6.45) is 16.0. The number of aromatic nitrogens is 5. The minimum absolute atomic E-state index is 0.00139. The SMILES string of the molecule is Cc1nn(COCCS(C)(C)C)c(C)c1-c1ccc(NC(=O)C(NC(=O)c2ccnn2CCCOC2CCCCO2)C(C2CC2)C2CC2)nc1F. The molecule has 280 valence electrons. The third-order valence-corrected chi connectivity index (χ3v) is 11.4. The van der Waals surface area contributed by atoms with E-state index < -0.39 is 27.9 Å². The predicted octanol–water partition coefficient (Wildman–Crippen LogP) is 5.67. The molecule has 12 nitrogen and oxygen atoms in total. The van der Waals surface area contributed by atoms with Gasteiger partial charge in [-0.25, -0.2) is 19.7 Å². The summed E-state index contributed by atoms with van der Waals surface area (Å²) < 4.78 is 36.5. The number of ether oxygens (including phenoxy) is 3. The van der Waals surface area contributed by atoms with Gasteiger partial charge in [-0.2, -0.15) is 14.6 Å². The molecule has 2 N–H and O–H groups in total. The van der Waals surface area contributed by atoms with Gasteiger partial charge in [0.2, 0.25) is 11.9 Å². The van der Waals surface area contributed by atoms with Gasteiger partial charge in [0.25, 0.3) is 5.91 Å². The van der Waals surface area contributed by atoms with E-state index in [1.165, 1.54) is 0 Å². The van der Waals surface area contributed by atoms with Gasteiger partial charge in [0.05, 0.1) is 18.9 Å². The number of rotatable bonds is 18. The largest absolute Gasteiger partial charge is 0.358 e. The van der Waals surface area contributed by atoms with Gasteiger partial charge in [0.1, 0.15) is 24.3 Å². The molecule has 1 saturated heterocycles. The fraction of sp³-hybridized carbons (Fsp3) is 0.649. The van der Waals surface area contributed by atoms with E-state index in [1.807, 2.05) is 13.8 Å². The van der Waals surface area contributed by atoms with E-state index in [0.717, 1.165) is 63.0 Å². The monoisotopic (exact) mass is 727 g/mol. The second-order valence-corrected chi connectivity index (χ2v) is 19.7. The van der Waals surface area contributed by atoms with Gasteiger partial charge in [0, 0.05) is 41.9 Å². The third-order valence-electron chi connectivity index (χ3n) is 10.00. The van der Waals surface area contributed by atoms with Crippen molar-refractivity contribution in [1.29, 1.82) is 0 Å². The highest BCUT2D eigenvalue weighted by atomic mass is 32.3. The number of carbonyl (C=O) groups is 2. The summed E-state index contributed by atoms with van der Waals surface area (Å²) in [5, 5.41) is 14.9. The van der Waals surface area contributed by atoms with E-state index in [1.54, 1.807) is 33.8 Å². The standard InChI is InChI=1S/C37H54FN7O5S/c1-24-32(25(2)45(43-24)23-48-21-22-51(3,4)5)28-14-15-30(40-35(28)38)41-37(47)34(33(26-10-11-26)27-12-13-27)42-36(46)29-16-17-39-44(29)18-8-20-50-31-9-6-7-19-49-31/h14-17,26-27,31,33-34H,6-13,18-23H2,1-5H3,(H,42,46)(H,40,41,47). The molecule has 0 bridgehead atoms. The predicted molar refractivity (Wildman–Crippen MR) is 196 cm³/mol. The van der Waals surface area contributed by atoms with Crippen molar-refractivity contribution >= 4 is 27.7 Å². The molecular formula is C37H54FN7O5S. The second kappa shape index (κ2) is 16.6. The molecule has 3 aliphatic rings. The molecule has 4 heterocycles. The number of carbonyl (C=O) groups excluding carboxylic acids is 2. The number of aryl methyl sites for hydroxylation is 2. The maximum absolute atomic E-state index is 15.7. The zero-order valence-electron chi connectivity index (χ0n) is 30.7. The lowest BCUT2D eigenvalue weighted by Crippen LogP contribution is -2.50. The summed E-state index contributed by atoms with van der Waals surface area (Å²) in [6.45, 7) is 6.36. The van der Waals surface area contributed by atoms with Crippen LogP contribution in [-0.4, -0.2) is 93.0 Å². The molecule has 6 rings (SSSR count). The Hall–Kier alpha value is -3.33. The van der Waals surface area contributed by atoms with Gasteiger partial charge in [-0.15, -0.1) is 0 Å². The molecule has 2 amide bonds. The Labute approximate surface area is 301 Å². The lowest BCUT2D eigenvalue weighted by Gasteiger charge is -2.27. The normalized spacial score (nSPS) is 18.9. The molecule has 0 aromatic carbocycles. The van der Waals surface area contributed by atoms with Crippen molar-refractivity contribution in [2.75, 3.05) is 49.7 Å². The number of nitrogens with zero attached hydrogens (tertiary/aromatic N) is 5. The zero-order chi connectivity index (χ0) is 36.1. The summed E-state index contributed by atoms with van der Waals surface area (Å²) in [5.74, 6) is 0.353. The maximum atomic E-state index is 15.7. The molecule has 2 saturated carbocycles. The molecule has 3 fully saturated rings. The van der Waals surface area contributed by atoms with Gasteiger partial charge in [-0.3, -0.25) is 14.3 Å². The van der Waals surface area contributed by atoms with Crippen LogP contribution >= 0.6 is 10.0 Å². The number of anilines is 1. The Morgan fingerprint density at radius 3 is 2.47 bits per heavy atom. The molecule has 2 aliphatic carbocycles. The van der Waals surface area contributed by atoms with E-state index in [0.29, 0.717) is 60.5 Å². The highest BCUT2D eigenvalue weighted by Gasteiger charge is 2.48. The molecule has 14 heteroatoms. The second-order valence-electron chi connectivity index (χ2n) is 15.1. The van der Waals surface area contributed by atoms with Crippen LogP contribution in [0.25, 0.3) is 11.1 Å². The summed E-state index contributed by atoms with van der Waals surface area (Å²) in [4.78, 5) is 31.8. The Morgan fingerprint density at radius 1 is 1.04 bits per heavy atom. The van der Waals surface area contributed by atoms with Crippen LogP contribution in [0.1, 0.15) is 73.2 Å². The smallest absolute Gasteiger partial charge is 0.270 e. The van der Waals surface area contributed by atoms with Crippen LogP contribution in [-0.2, 0) is 32.3 Å². The van der Waals surface area contributed by atoms with Crippen molar-refractivity contribution in [2.45, 2.75) is 90.8 Å². The average molecular weight is 728 g/mol. The first-order chi connectivity index (χ1) is 24.5. The Kier molecular flexibility index (Phi) is 12.2. The van der Waals surface area contributed by atoms with Crippen molar-refractivity contribution in [3.63, 3.8) is 0 Å². The molecule has 2 unspecified atom stereocenters. The Bertz CT molecular complexity index is 1650. The fourth-order valence-electron chi connectivity index (χ4n) is 6.99. The first-order valence-corrected chi connectivity index (χ1v) is 21.3. The van der Waals surface area contributed by atoms with Crippen molar-refractivity contribution in [2.24, 2.45) is 17.8 Å². The highest BCUT2D eigenvalue weighted by Crippen LogP contribution is 2.51. The van der Waals surface area contributed by atoms with Crippen LogP contribution in [0.2, 0.25) is 0 Å². The molecule has 2 atom stereocenters. The van der Waals surface area contributed by atoms with Crippen LogP contribution in [0.15, 0.2) is 24.4 Å². The Morgan fingerprint density at radius 2 is 1.80 bits per heavy atom. The molecule has 3 aromatic heterocycles. The van der Waals surface area contributed by atoms with E-state index in [2.05, 4.69) is 44.6 Å². The van der Waals surface area contributed by atoms with Gasteiger partial charge in [-0.05, 0) is 120 Å². The first-order valence-electron chi connectivity index (χ1n) is 18.3. The van der Waals surface area contributed by atoms with Crippen molar-refractivity contribution in [3.8, 4) is 11.1 Å². The molecule has 1 aliphatic heterocycles. The maximum Gasteiger partial charge on any atom is 0.270 e. The lowest BCUT2D eigenvalue weighted by atomic mass is 9.88. The van der Waals surface area contributed by atoms with E-state index in [9.17, 15) is 9.59 Å². The summed E-state index contributed by atoms with van der Waals surface area (Å²) in [6, 6.07) is 4.10. The van der Waals surface area contributed by atoms with Crippen molar-refractivity contribution in [3.05, 3.63) is 47.4 Å². The topological polar surface area (TPSA) is 134 Å². The summed E-state index contributed by atoms with van der Waals surface area (Å²) in [5.41, 5.74) is 2.78. The van der Waals surface area contributed by atoms with Gasteiger partial charge in [-0.1, -0.05) is 0 Å². The number of halogens is 1. The number of hydrogen-bond acceptors (Lipinski definition) is 8. The van der Waals surface area contributed by atoms with Gasteiger partial charge < -0.3 is 24.8 Å². The number of amides is 2. The van der Waals surface area contributed by atoms with Crippen LogP contribution < -0.4 is 10.6 Å². The highest BCUT2D eigenvalue weighted by molar-refractivity contribution is 8.32. The van der Waals surface area contributed by atoms with Crippen LogP contribution in [0, 0.1) is 37.5 Å². The Balaban J connectivity index is 1.11. The fourth-order valence-corrected chi connectivity index (χ4v) is 7.60. The quantitative estimate of drug-likeness (QED) is 0.127. The molecule has 0 spiro atoms. The minimum atomic E-state index is -0.792. The van der Waals surface area contributed by atoms with Crippen LogP contribution in [0.5, 0.6) is 0 Å². The number of hydrogen-bond donors (Lipinski definition) is 2. The lowest BCUT2D eigenvalue weighted by molar-refractivity contribution is -0.163. The summed E-state index contributed by atoms with van der Waals surface area (Å²) >= 11 is 0. The van der Waals surface area contributed by atoms with Gasteiger partial charge in [0.15, 0.2) is 6.29 Å². The van der Waals surface area contributed by atoms with Crippen LogP contribution in [0.4, 0.5) is 10.2 Å². The molecule has 51 heavy (non-hydrogen) atoms. The van der Waals surface area contributed by atoms with E-state index in [-0.39, 0.29) is 30.7 Å². The van der Waals surface area contributed by atoms with E-state index >= 15 is 4.39 Å². The zero-order valence-corrected chi connectivity index (χ0v) is 31.5. The van der Waals surface area contributed by atoms with Crippen molar-refractivity contribution < 1.29 is 28.2 Å². The molecule has 0 radical (unpaired) electrons. The van der Waals surface area contributed by atoms with Crippen molar-refractivity contribution in [1.82, 2.24) is 29.9 Å². The average Bonchev–Trinajstić information content (AvgIpc) is 4.03. The third kappa shape index (κ3) is 9.97. The minimum Gasteiger partial charge on any atom is -0.358 e. The van der Waals surface area contributed by atoms with E-state index in [4.69, 9.17) is 14.2 Å². The summed E-state index contributed by atoms with van der Waals surface area (Å²) in [7, 11) is -0.665. The number of pyridine rings is 1. The number of nitrogens with one attached hydrogen (secondary N) is 2.